The van der Waals surface area contributed by atoms with Gasteiger partial charge in [0.25, 0.3) is 5.91 Å². The minimum Gasteiger partial charge on any atom is -0.503 e. The Labute approximate surface area is 214 Å². The summed E-state index contributed by atoms with van der Waals surface area (Å²) in [6.45, 7) is 6.00. The first-order chi connectivity index (χ1) is 17.5. The van der Waals surface area contributed by atoms with Crippen LogP contribution in [-0.2, 0) is 11.3 Å². The highest BCUT2D eigenvalue weighted by Crippen LogP contribution is 2.42. The summed E-state index contributed by atoms with van der Waals surface area (Å²) in [7, 11) is 0. The molecule has 3 heterocycles. The quantitative estimate of drug-likeness (QED) is 0.252. The van der Waals surface area contributed by atoms with Crippen molar-refractivity contribution < 1.29 is 24.2 Å². The molecule has 0 radical (unpaired) electrons. The fourth-order valence-electron chi connectivity index (χ4n) is 4.25. The van der Waals surface area contributed by atoms with Crippen LogP contribution in [0.3, 0.4) is 0 Å². The average molecular weight is 510 g/mol. The van der Waals surface area contributed by atoms with Gasteiger partial charge < -0.3 is 24.0 Å². The summed E-state index contributed by atoms with van der Waals surface area (Å²) >= 11 is 1.28. The van der Waals surface area contributed by atoms with Gasteiger partial charge in [-0.05, 0) is 48.9 Å². The molecule has 0 fully saturated rings. The molecule has 1 aliphatic rings. The molecule has 190 valence electrons. The monoisotopic (exact) mass is 509 g/mol. The van der Waals surface area contributed by atoms with Crippen molar-refractivity contribution in [3.05, 3.63) is 76.2 Å². The average Bonchev–Trinajstić information content (AvgIpc) is 3.64. The third-order valence-electron chi connectivity index (χ3n) is 6.01. The van der Waals surface area contributed by atoms with Crippen LogP contribution in [0.4, 0.5) is 0 Å². The number of hydrogen-bond acceptors (Lipinski definition) is 7. The summed E-state index contributed by atoms with van der Waals surface area (Å²) in [5.74, 6) is -0.233. The predicted octanol–water partition coefficient (Wildman–Crippen LogP) is 5.19. The molecule has 0 aliphatic carbocycles. The van der Waals surface area contributed by atoms with Crippen molar-refractivity contribution >= 4 is 23.0 Å². The second-order valence-electron chi connectivity index (χ2n) is 8.47. The highest BCUT2D eigenvalue weighted by molar-refractivity contribution is 7.12. The highest BCUT2D eigenvalue weighted by Gasteiger charge is 2.44. The number of ketones is 1. The number of Topliss-reactive ketones (excluding diaryl/α,β-unsaturated/α-hetero) is 1. The van der Waals surface area contributed by atoms with Crippen LogP contribution in [0.2, 0.25) is 0 Å². The topological polar surface area (TPSA) is 93.9 Å². The van der Waals surface area contributed by atoms with Crippen molar-refractivity contribution in [1.29, 1.82) is 0 Å². The lowest BCUT2D eigenvalue weighted by Gasteiger charge is -2.27. The number of benzene rings is 1. The maximum Gasteiger partial charge on any atom is 0.290 e. The minimum absolute atomic E-state index is 0.0900. The SMILES string of the molecule is CCCCOc1ccc(C2C(C(=O)c3cccs3)=C(O)C(=O)N2CCCn2ccnc2)cc1OCC. The Morgan fingerprint density at radius 1 is 1.14 bits per heavy atom. The van der Waals surface area contributed by atoms with Gasteiger partial charge in [0.2, 0.25) is 5.78 Å². The van der Waals surface area contributed by atoms with Crippen LogP contribution in [0.1, 0.15) is 54.4 Å². The summed E-state index contributed by atoms with van der Waals surface area (Å²) in [5, 5.41) is 12.7. The summed E-state index contributed by atoms with van der Waals surface area (Å²) in [6.07, 6.45) is 7.84. The summed E-state index contributed by atoms with van der Waals surface area (Å²) in [5.41, 5.74) is 0.772. The van der Waals surface area contributed by atoms with E-state index >= 15 is 0 Å². The van der Waals surface area contributed by atoms with Gasteiger partial charge in [-0.3, -0.25) is 9.59 Å². The van der Waals surface area contributed by atoms with Gasteiger partial charge in [0, 0.05) is 25.5 Å². The van der Waals surface area contributed by atoms with E-state index in [1.54, 1.807) is 34.9 Å². The normalized spacial score (nSPS) is 15.6. The van der Waals surface area contributed by atoms with Crippen LogP contribution >= 0.6 is 11.3 Å². The number of rotatable bonds is 13. The lowest BCUT2D eigenvalue weighted by molar-refractivity contribution is -0.129. The molecule has 2 aromatic heterocycles. The minimum atomic E-state index is -0.737. The van der Waals surface area contributed by atoms with E-state index in [4.69, 9.17) is 9.47 Å². The number of aryl methyl sites for hydroxylation is 1. The molecule has 1 atom stereocenters. The van der Waals surface area contributed by atoms with Gasteiger partial charge >= 0.3 is 0 Å². The first-order valence-corrected chi connectivity index (χ1v) is 13.1. The first-order valence-electron chi connectivity index (χ1n) is 12.2. The van der Waals surface area contributed by atoms with Crippen LogP contribution in [-0.4, -0.2) is 51.0 Å². The molecule has 0 saturated heterocycles. The van der Waals surface area contributed by atoms with Gasteiger partial charge in [-0.2, -0.15) is 0 Å². The molecule has 0 saturated carbocycles. The number of aliphatic hydroxyl groups excluding tert-OH is 1. The molecule has 9 heteroatoms. The highest BCUT2D eigenvalue weighted by atomic mass is 32.1. The van der Waals surface area contributed by atoms with E-state index in [-0.39, 0.29) is 11.4 Å². The summed E-state index contributed by atoms with van der Waals surface area (Å²) < 4.78 is 13.7. The number of ether oxygens (including phenoxy) is 2. The first kappa shape index (κ1) is 25.5. The van der Waals surface area contributed by atoms with E-state index in [0.717, 1.165) is 12.8 Å². The molecule has 36 heavy (non-hydrogen) atoms. The summed E-state index contributed by atoms with van der Waals surface area (Å²) in [4.78, 5) is 32.8. The van der Waals surface area contributed by atoms with E-state index in [1.165, 1.54) is 11.3 Å². The maximum absolute atomic E-state index is 13.5. The Hall–Kier alpha value is -3.59. The number of imidazole rings is 1. The Morgan fingerprint density at radius 3 is 2.69 bits per heavy atom. The Bertz CT molecular complexity index is 1200. The lowest BCUT2D eigenvalue weighted by Crippen LogP contribution is -2.32. The number of thiophene rings is 1. The second-order valence-corrected chi connectivity index (χ2v) is 9.41. The number of carbonyl (C=O) groups excluding carboxylic acids is 2. The molecule has 1 N–H and O–H groups in total. The number of nitrogens with zero attached hydrogens (tertiary/aromatic N) is 3. The van der Waals surface area contributed by atoms with Crippen LogP contribution in [0, 0.1) is 0 Å². The third kappa shape index (κ3) is 5.46. The van der Waals surface area contributed by atoms with Crippen molar-refractivity contribution in [2.75, 3.05) is 19.8 Å². The number of amides is 1. The van der Waals surface area contributed by atoms with E-state index in [9.17, 15) is 14.7 Å². The smallest absolute Gasteiger partial charge is 0.290 e. The zero-order valence-electron chi connectivity index (χ0n) is 20.6. The zero-order valence-corrected chi connectivity index (χ0v) is 21.4. The van der Waals surface area contributed by atoms with Crippen molar-refractivity contribution in [1.82, 2.24) is 14.5 Å². The van der Waals surface area contributed by atoms with E-state index in [1.807, 2.05) is 35.9 Å². The molecule has 1 aromatic carbocycles. The van der Waals surface area contributed by atoms with Crippen LogP contribution in [0.5, 0.6) is 11.5 Å². The number of aromatic nitrogens is 2. The van der Waals surface area contributed by atoms with Crippen molar-refractivity contribution in [2.24, 2.45) is 0 Å². The van der Waals surface area contributed by atoms with Gasteiger partial charge in [0.15, 0.2) is 17.3 Å². The van der Waals surface area contributed by atoms with E-state index in [2.05, 4.69) is 11.9 Å². The molecule has 3 aromatic rings. The summed E-state index contributed by atoms with van der Waals surface area (Å²) in [6, 6.07) is 8.20. The molecule has 0 bridgehead atoms. The number of aliphatic hydroxyl groups is 1. The fourth-order valence-corrected chi connectivity index (χ4v) is 4.93. The van der Waals surface area contributed by atoms with Crippen LogP contribution in [0.25, 0.3) is 0 Å². The van der Waals surface area contributed by atoms with Gasteiger partial charge in [-0.15, -0.1) is 11.3 Å². The molecular formula is C27H31N3O5S. The van der Waals surface area contributed by atoms with Crippen LogP contribution < -0.4 is 9.47 Å². The molecular weight excluding hydrogens is 478 g/mol. The lowest BCUT2D eigenvalue weighted by atomic mass is 9.95. The van der Waals surface area contributed by atoms with Crippen molar-refractivity contribution in [3.8, 4) is 11.5 Å². The fraction of sp³-hybridized carbons (Fsp3) is 0.370. The Morgan fingerprint density at radius 2 is 2.00 bits per heavy atom. The molecule has 0 spiro atoms. The van der Waals surface area contributed by atoms with Crippen molar-refractivity contribution in [2.45, 2.75) is 45.7 Å². The van der Waals surface area contributed by atoms with Crippen molar-refractivity contribution in [3.63, 3.8) is 0 Å². The predicted molar refractivity (Wildman–Crippen MR) is 138 cm³/mol. The third-order valence-corrected chi connectivity index (χ3v) is 6.88. The molecule has 8 nitrogen and oxygen atoms in total. The second kappa shape index (κ2) is 11.9. The zero-order chi connectivity index (χ0) is 25.5. The van der Waals surface area contributed by atoms with Gasteiger partial charge in [-0.1, -0.05) is 25.5 Å². The molecule has 1 unspecified atom stereocenters. The van der Waals surface area contributed by atoms with E-state index < -0.39 is 17.7 Å². The number of carbonyl (C=O) groups is 2. The Balaban J connectivity index is 1.68. The van der Waals surface area contributed by atoms with Gasteiger partial charge in [0.1, 0.15) is 0 Å². The number of unbranched alkanes of at least 4 members (excludes halogenated alkanes) is 1. The Kier molecular flexibility index (Phi) is 8.43. The molecule has 4 rings (SSSR count). The molecule has 1 aliphatic heterocycles. The maximum atomic E-state index is 13.5. The van der Waals surface area contributed by atoms with Gasteiger partial charge in [-0.25, -0.2) is 4.98 Å². The largest absolute Gasteiger partial charge is 0.503 e. The molecule has 1 amide bonds. The standard InChI is InChI=1S/C27H31N3O5S/c1-3-5-15-35-20-10-9-19(17-21(20)34-4-2)24-23(25(31)22-8-6-16-36-22)26(32)27(33)30(24)13-7-12-29-14-11-28-18-29/h6,8-11,14,16-18,24,32H,3-5,7,12-13,15H2,1-2H3. The van der Waals surface area contributed by atoms with E-state index in [0.29, 0.717) is 54.7 Å². The van der Waals surface area contributed by atoms with Gasteiger partial charge in [0.05, 0.1) is 36.0 Å². The van der Waals surface area contributed by atoms with Crippen LogP contribution in [0.15, 0.2) is 65.8 Å². The number of hydrogen-bond donors (Lipinski definition) is 1.